The van der Waals surface area contributed by atoms with Crippen molar-refractivity contribution in [1.82, 2.24) is 19.5 Å². The Morgan fingerprint density at radius 1 is 1.53 bits per heavy atom. The van der Waals surface area contributed by atoms with E-state index >= 15 is 0 Å². The second-order valence-corrected chi connectivity index (χ2v) is 5.29. The third kappa shape index (κ3) is 1.58. The number of aromatic nitrogens is 4. The van der Waals surface area contributed by atoms with Crippen molar-refractivity contribution in [3.8, 4) is 0 Å². The van der Waals surface area contributed by atoms with Gasteiger partial charge >= 0.3 is 0 Å². The molecule has 1 unspecified atom stereocenters. The Balaban J connectivity index is 2.03. The molecule has 0 aliphatic carbocycles. The number of hydrogen-bond donors (Lipinski definition) is 1. The molecule has 98 valence electrons. The number of aryl methyl sites for hydroxylation is 1. The molecule has 19 heavy (non-hydrogen) atoms. The average molecular weight is 277 g/mol. The minimum atomic E-state index is 0.0297. The van der Waals surface area contributed by atoms with Gasteiger partial charge in [0.25, 0.3) is 0 Å². The number of hydrogen-bond acceptors (Lipinski definition) is 3. The number of aromatic amines is 1. The van der Waals surface area contributed by atoms with E-state index < -0.39 is 0 Å². The van der Waals surface area contributed by atoms with Crippen LogP contribution in [0.2, 0.25) is 5.15 Å². The van der Waals surface area contributed by atoms with E-state index in [1.54, 1.807) is 6.33 Å². The Labute approximate surface area is 114 Å². The summed E-state index contributed by atoms with van der Waals surface area (Å²) in [5.41, 5.74) is 3.64. The maximum absolute atomic E-state index is 6.27. The van der Waals surface area contributed by atoms with Crippen LogP contribution in [-0.4, -0.2) is 26.1 Å². The number of fused-ring (bicyclic) bond motifs is 3. The fourth-order valence-corrected chi connectivity index (χ4v) is 2.95. The monoisotopic (exact) mass is 276 g/mol. The van der Waals surface area contributed by atoms with Crippen LogP contribution in [-0.2, 0) is 4.74 Å². The molecule has 4 rings (SSSR count). The first-order valence-corrected chi connectivity index (χ1v) is 6.75. The van der Waals surface area contributed by atoms with Gasteiger partial charge in [0.2, 0.25) is 0 Å². The summed E-state index contributed by atoms with van der Waals surface area (Å²) >= 11 is 6.27. The third-order valence-corrected chi connectivity index (χ3v) is 3.89. The standard InChI is InChI=1S/C13H13ClN4O/c1-7-5-8-10(16-7)11-13(17-12(8)14)18(6-15-11)9-3-2-4-19-9/h5-6,9,16H,2-4H2,1H3. The summed E-state index contributed by atoms with van der Waals surface area (Å²) in [6, 6.07) is 2.00. The van der Waals surface area contributed by atoms with Crippen LogP contribution < -0.4 is 0 Å². The second kappa shape index (κ2) is 3.95. The van der Waals surface area contributed by atoms with Gasteiger partial charge in [-0.05, 0) is 25.8 Å². The normalized spacial score (nSPS) is 19.8. The van der Waals surface area contributed by atoms with Gasteiger partial charge in [-0.1, -0.05) is 11.6 Å². The van der Waals surface area contributed by atoms with Gasteiger partial charge in [0.15, 0.2) is 5.65 Å². The average Bonchev–Trinajstić information content (AvgIpc) is 3.04. The zero-order valence-electron chi connectivity index (χ0n) is 10.5. The molecule has 1 aliphatic rings. The van der Waals surface area contributed by atoms with Gasteiger partial charge in [0, 0.05) is 17.7 Å². The lowest BCUT2D eigenvalue weighted by Crippen LogP contribution is -2.06. The molecular weight excluding hydrogens is 264 g/mol. The Morgan fingerprint density at radius 2 is 2.42 bits per heavy atom. The lowest BCUT2D eigenvalue weighted by atomic mass is 10.3. The molecular formula is C13H13ClN4O. The van der Waals surface area contributed by atoms with E-state index in [2.05, 4.69) is 15.0 Å². The van der Waals surface area contributed by atoms with E-state index in [9.17, 15) is 0 Å². The highest BCUT2D eigenvalue weighted by Crippen LogP contribution is 2.32. The van der Waals surface area contributed by atoms with E-state index in [4.69, 9.17) is 16.3 Å². The van der Waals surface area contributed by atoms with Crippen LogP contribution in [0.4, 0.5) is 0 Å². The highest BCUT2D eigenvalue weighted by Gasteiger charge is 2.22. The maximum Gasteiger partial charge on any atom is 0.165 e. The fourth-order valence-electron chi connectivity index (χ4n) is 2.72. The molecule has 0 saturated carbocycles. The summed E-state index contributed by atoms with van der Waals surface area (Å²) in [6.07, 6.45) is 3.88. The Kier molecular flexibility index (Phi) is 2.34. The minimum Gasteiger partial charge on any atom is -0.358 e. The van der Waals surface area contributed by atoms with Crippen molar-refractivity contribution in [3.63, 3.8) is 0 Å². The first-order valence-electron chi connectivity index (χ1n) is 6.37. The summed E-state index contributed by atoms with van der Waals surface area (Å²) in [6.45, 7) is 2.79. The molecule has 1 N–H and O–H groups in total. The van der Waals surface area contributed by atoms with E-state index in [-0.39, 0.29) is 6.23 Å². The quantitative estimate of drug-likeness (QED) is 0.695. The van der Waals surface area contributed by atoms with Gasteiger partial charge in [0.05, 0.1) is 11.8 Å². The van der Waals surface area contributed by atoms with E-state index in [1.807, 2.05) is 17.6 Å². The van der Waals surface area contributed by atoms with Gasteiger partial charge in [-0.3, -0.25) is 4.57 Å². The summed E-state index contributed by atoms with van der Waals surface area (Å²) in [7, 11) is 0. The summed E-state index contributed by atoms with van der Waals surface area (Å²) in [5.74, 6) is 0. The SMILES string of the molecule is Cc1cc2c(Cl)nc3c(ncn3C3CCCO3)c2[nH]1. The predicted molar refractivity (Wildman–Crippen MR) is 73.4 cm³/mol. The molecule has 5 nitrogen and oxygen atoms in total. The molecule has 1 aliphatic heterocycles. The molecule has 6 heteroatoms. The first kappa shape index (κ1) is 11.3. The smallest absolute Gasteiger partial charge is 0.165 e. The lowest BCUT2D eigenvalue weighted by Gasteiger charge is -2.11. The van der Waals surface area contributed by atoms with Crippen LogP contribution in [0.3, 0.4) is 0 Å². The number of H-pyrrole nitrogens is 1. The van der Waals surface area contributed by atoms with Crippen molar-refractivity contribution < 1.29 is 4.74 Å². The van der Waals surface area contributed by atoms with Gasteiger partial charge < -0.3 is 9.72 Å². The molecule has 3 aromatic rings. The number of halogens is 1. The molecule has 0 radical (unpaired) electrons. The zero-order valence-corrected chi connectivity index (χ0v) is 11.2. The highest BCUT2D eigenvalue weighted by atomic mass is 35.5. The van der Waals surface area contributed by atoms with Gasteiger partial charge in [-0.2, -0.15) is 0 Å². The Hall–Kier alpha value is -1.59. The molecule has 4 heterocycles. The molecule has 3 aromatic heterocycles. The van der Waals surface area contributed by atoms with Crippen LogP contribution in [0.15, 0.2) is 12.4 Å². The molecule has 1 fully saturated rings. The molecule has 0 aromatic carbocycles. The summed E-state index contributed by atoms with van der Waals surface area (Å²) < 4.78 is 7.67. The summed E-state index contributed by atoms with van der Waals surface area (Å²) in [5, 5.41) is 1.43. The maximum atomic E-state index is 6.27. The second-order valence-electron chi connectivity index (χ2n) is 4.94. The van der Waals surface area contributed by atoms with Crippen LogP contribution in [0, 0.1) is 6.92 Å². The van der Waals surface area contributed by atoms with Crippen LogP contribution in [0.5, 0.6) is 0 Å². The van der Waals surface area contributed by atoms with Crippen molar-refractivity contribution in [1.29, 1.82) is 0 Å². The summed E-state index contributed by atoms with van der Waals surface area (Å²) in [4.78, 5) is 12.3. The van der Waals surface area contributed by atoms with E-state index in [0.29, 0.717) is 5.15 Å². The van der Waals surface area contributed by atoms with Crippen LogP contribution >= 0.6 is 11.6 Å². The van der Waals surface area contributed by atoms with Crippen molar-refractivity contribution in [2.45, 2.75) is 26.0 Å². The number of nitrogens with one attached hydrogen (secondary N) is 1. The van der Waals surface area contributed by atoms with Gasteiger partial charge in [-0.15, -0.1) is 0 Å². The number of ether oxygens (including phenoxy) is 1. The largest absolute Gasteiger partial charge is 0.358 e. The van der Waals surface area contributed by atoms with Crippen molar-refractivity contribution in [2.24, 2.45) is 0 Å². The third-order valence-electron chi connectivity index (χ3n) is 3.60. The molecule has 1 saturated heterocycles. The molecule has 0 bridgehead atoms. The Bertz CT molecular complexity index is 770. The molecule has 1 atom stereocenters. The minimum absolute atomic E-state index is 0.0297. The highest BCUT2D eigenvalue weighted by molar-refractivity contribution is 6.35. The number of rotatable bonds is 1. The van der Waals surface area contributed by atoms with E-state index in [1.165, 1.54) is 0 Å². The molecule has 0 spiro atoms. The first-order chi connectivity index (χ1) is 9.24. The van der Waals surface area contributed by atoms with Crippen LogP contribution in [0.25, 0.3) is 22.1 Å². The zero-order chi connectivity index (χ0) is 13.0. The van der Waals surface area contributed by atoms with E-state index in [0.717, 1.165) is 47.2 Å². The van der Waals surface area contributed by atoms with Gasteiger partial charge in [-0.25, -0.2) is 9.97 Å². The van der Waals surface area contributed by atoms with Crippen molar-refractivity contribution in [3.05, 3.63) is 23.2 Å². The topological polar surface area (TPSA) is 55.7 Å². The fraction of sp³-hybridized carbons (Fsp3) is 0.385. The van der Waals surface area contributed by atoms with Crippen molar-refractivity contribution >= 4 is 33.7 Å². The number of imidazole rings is 1. The predicted octanol–water partition coefficient (Wildman–Crippen LogP) is 3.18. The number of pyridine rings is 1. The lowest BCUT2D eigenvalue weighted by molar-refractivity contribution is 0.0593. The molecule has 0 amide bonds. The van der Waals surface area contributed by atoms with Crippen LogP contribution in [0.1, 0.15) is 24.8 Å². The van der Waals surface area contributed by atoms with Crippen molar-refractivity contribution in [2.75, 3.05) is 6.61 Å². The van der Waals surface area contributed by atoms with Gasteiger partial charge in [0.1, 0.15) is 16.9 Å². The number of nitrogens with zero attached hydrogens (tertiary/aromatic N) is 3. The Morgan fingerprint density at radius 3 is 3.21 bits per heavy atom.